The zero-order valence-corrected chi connectivity index (χ0v) is 7.58. The third-order valence-electron chi connectivity index (χ3n) is 1.49. The van der Waals surface area contributed by atoms with E-state index < -0.39 is 0 Å². The van der Waals surface area contributed by atoms with Crippen molar-refractivity contribution >= 4 is 27.6 Å². The van der Waals surface area contributed by atoms with Crippen molar-refractivity contribution in [3.63, 3.8) is 0 Å². The third-order valence-corrected chi connectivity index (χ3v) is 2.24. The van der Waals surface area contributed by atoms with Crippen LogP contribution in [-0.2, 0) is 0 Å². The third kappa shape index (κ3) is 1.73. The zero-order chi connectivity index (χ0) is 9.10. The Hall–Kier alpha value is -1.27. The summed E-state index contributed by atoms with van der Waals surface area (Å²) in [4.78, 5) is 12.2. The number of anilines is 1. The highest BCUT2D eigenvalue weighted by Gasteiger charge is 2.00. The van der Waals surface area contributed by atoms with Gasteiger partial charge in [-0.1, -0.05) is 0 Å². The van der Waals surface area contributed by atoms with Crippen LogP contribution >= 0.6 is 11.3 Å². The number of thiazole rings is 1. The predicted octanol–water partition coefficient (Wildman–Crippen LogP) is 0.490. The van der Waals surface area contributed by atoms with Crippen LogP contribution in [0.15, 0.2) is 11.7 Å². The Morgan fingerprint density at radius 1 is 1.46 bits per heavy atom. The van der Waals surface area contributed by atoms with Gasteiger partial charge in [-0.05, 0) is 0 Å². The van der Waals surface area contributed by atoms with Gasteiger partial charge in [0.05, 0.1) is 23.0 Å². The first-order valence-corrected chi connectivity index (χ1v) is 4.69. The Labute approximate surface area is 78.5 Å². The van der Waals surface area contributed by atoms with Crippen LogP contribution in [-0.4, -0.2) is 33.2 Å². The molecule has 0 bridgehead atoms. The van der Waals surface area contributed by atoms with Crippen molar-refractivity contribution in [3.05, 3.63) is 11.7 Å². The minimum absolute atomic E-state index is 0.0679. The second-order valence-electron chi connectivity index (χ2n) is 2.38. The first-order valence-electron chi connectivity index (χ1n) is 3.81. The zero-order valence-electron chi connectivity index (χ0n) is 6.77. The molecule has 0 amide bonds. The molecule has 0 unspecified atom stereocenters. The van der Waals surface area contributed by atoms with E-state index in [0.717, 1.165) is 4.70 Å². The number of fused-ring (bicyclic) bond motifs is 1. The van der Waals surface area contributed by atoms with Crippen molar-refractivity contribution in [1.82, 2.24) is 15.0 Å². The lowest BCUT2D eigenvalue weighted by Gasteiger charge is -1.99. The average Bonchev–Trinajstić information content (AvgIpc) is 2.61. The quantitative estimate of drug-likeness (QED) is 0.747. The number of aliphatic hydroxyl groups is 1. The van der Waals surface area contributed by atoms with E-state index in [-0.39, 0.29) is 6.61 Å². The van der Waals surface area contributed by atoms with Gasteiger partial charge in [-0.15, -0.1) is 11.3 Å². The fourth-order valence-corrected chi connectivity index (χ4v) is 1.51. The lowest BCUT2D eigenvalue weighted by Crippen LogP contribution is -2.08. The van der Waals surface area contributed by atoms with Gasteiger partial charge in [-0.2, -0.15) is 4.98 Å². The molecular formula is C7H8N4OS. The maximum absolute atomic E-state index is 8.57. The van der Waals surface area contributed by atoms with E-state index in [0.29, 0.717) is 18.1 Å². The molecule has 6 heteroatoms. The average molecular weight is 196 g/mol. The number of aromatic nitrogens is 3. The maximum atomic E-state index is 8.57. The Bertz CT molecular complexity index is 402. The molecule has 0 aliphatic rings. The summed E-state index contributed by atoms with van der Waals surface area (Å²) in [5.41, 5.74) is 2.43. The highest BCUT2D eigenvalue weighted by Crippen LogP contribution is 2.14. The van der Waals surface area contributed by atoms with Crippen LogP contribution in [0.4, 0.5) is 5.95 Å². The summed E-state index contributed by atoms with van der Waals surface area (Å²) in [6.45, 7) is 0.522. The lowest BCUT2D eigenvalue weighted by molar-refractivity contribution is 0.311. The molecule has 0 aliphatic carbocycles. The highest BCUT2D eigenvalue weighted by molar-refractivity contribution is 7.16. The van der Waals surface area contributed by atoms with Crippen LogP contribution < -0.4 is 5.32 Å². The molecule has 68 valence electrons. The summed E-state index contributed by atoms with van der Waals surface area (Å²) in [6, 6.07) is 0. The molecule has 13 heavy (non-hydrogen) atoms. The van der Waals surface area contributed by atoms with E-state index in [1.807, 2.05) is 0 Å². The van der Waals surface area contributed by atoms with Crippen molar-refractivity contribution in [2.75, 3.05) is 18.5 Å². The molecule has 0 fully saturated rings. The molecule has 2 N–H and O–H groups in total. The topological polar surface area (TPSA) is 70.9 Å². The summed E-state index contributed by atoms with van der Waals surface area (Å²) < 4.78 is 0.967. The number of hydrogen-bond acceptors (Lipinski definition) is 6. The Morgan fingerprint density at radius 2 is 2.38 bits per heavy atom. The van der Waals surface area contributed by atoms with Crippen molar-refractivity contribution in [3.8, 4) is 0 Å². The Kier molecular flexibility index (Phi) is 2.33. The summed E-state index contributed by atoms with van der Waals surface area (Å²) in [5.74, 6) is 0.507. The minimum Gasteiger partial charge on any atom is -0.395 e. The fraction of sp³-hybridized carbons (Fsp3) is 0.286. The number of nitrogens with zero attached hydrogens (tertiary/aromatic N) is 3. The minimum atomic E-state index is 0.0679. The highest BCUT2D eigenvalue weighted by atomic mass is 32.1. The number of hydrogen-bond donors (Lipinski definition) is 2. The molecule has 0 aromatic carbocycles. The predicted molar refractivity (Wildman–Crippen MR) is 50.8 cm³/mol. The monoisotopic (exact) mass is 196 g/mol. The Morgan fingerprint density at radius 3 is 3.23 bits per heavy atom. The lowest BCUT2D eigenvalue weighted by atomic mass is 10.6. The van der Waals surface area contributed by atoms with Crippen molar-refractivity contribution in [2.45, 2.75) is 0 Å². The summed E-state index contributed by atoms with van der Waals surface area (Å²) in [5, 5.41) is 11.4. The van der Waals surface area contributed by atoms with Crippen LogP contribution in [0.3, 0.4) is 0 Å². The van der Waals surface area contributed by atoms with Gasteiger partial charge in [-0.3, -0.25) is 0 Å². The second-order valence-corrected chi connectivity index (χ2v) is 3.27. The second kappa shape index (κ2) is 3.63. The van der Waals surface area contributed by atoms with Gasteiger partial charge in [0, 0.05) is 6.54 Å². The first-order chi connectivity index (χ1) is 6.40. The number of aliphatic hydroxyl groups excluding tert-OH is 1. The van der Waals surface area contributed by atoms with Gasteiger partial charge in [0.2, 0.25) is 5.95 Å². The molecule has 0 saturated heterocycles. The molecule has 0 atom stereocenters. The van der Waals surface area contributed by atoms with Crippen LogP contribution in [0.1, 0.15) is 0 Å². The smallest absolute Gasteiger partial charge is 0.224 e. The Balaban J connectivity index is 2.26. The van der Waals surface area contributed by atoms with Crippen molar-refractivity contribution < 1.29 is 5.11 Å². The van der Waals surface area contributed by atoms with Gasteiger partial charge in [-0.25, -0.2) is 9.97 Å². The van der Waals surface area contributed by atoms with E-state index in [2.05, 4.69) is 20.3 Å². The van der Waals surface area contributed by atoms with Crippen LogP contribution in [0.25, 0.3) is 10.3 Å². The largest absolute Gasteiger partial charge is 0.395 e. The molecule has 0 spiro atoms. The van der Waals surface area contributed by atoms with Crippen LogP contribution in [0.2, 0.25) is 0 Å². The van der Waals surface area contributed by atoms with E-state index in [1.54, 1.807) is 11.7 Å². The molecule has 2 aromatic rings. The van der Waals surface area contributed by atoms with E-state index >= 15 is 0 Å². The summed E-state index contributed by atoms with van der Waals surface area (Å²) >= 11 is 1.51. The van der Waals surface area contributed by atoms with Gasteiger partial charge < -0.3 is 10.4 Å². The molecule has 2 rings (SSSR count). The number of rotatable bonds is 3. The SMILES string of the molecule is OCCNc1ncc2scnc2n1. The van der Waals surface area contributed by atoms with Crippen molar-refractivity contribution in [2.24, 2.45) is 0 Å². The first kappa shape index (κ1) is 8.33. The van der Waals surface area contributed by atoms with Gasteiger partial charge in [0.25, 0.3) is 0 Å². The van der Waals surface area contributed by atoms with E-state index in [1.165, 1.54) is 11.3 Å². The molecule has 0 radical (unpaired) electrons. The fourth-order valence-electron chi connectivity index (χ4n) is 0.923. The summed E-state index contributed by atoms with van der Waals surface area (Å²) in [6.07, 6.45) is 1.72. The standard InChI is InChI=1S/C7H8N4OS/c12-2-1-8-7-9-3-5-6(11-7)10-4-13-5/h3-4,12H,1-2H2,(H,8,9,11). The molecule has 5 nitrogen and oxygen atoms in total. The molecule has 0 aliphatic heterocycles. The van der Waals surface area contributed by atoms with Crippen molar-refractivity contribution in [1.29, 1.82) is 0 Å². The molecule has 2 heterocycles. The van der Waals surface area contributed by atoms with Gasteiger partial charge >= 0.3 is 0 Å². The van der Waals surface area contributed by atoms with Gasteiger partial charge in [0.1, 0.15) is 0 Å². The van der Waals surface area contributed by atoms with Crippen LogP contribution in [0, 0.1) is 0 Å². The van der Waals surface area contributed by atoms with Crippen LogP contribution in [0.5, 0.6) is 0 Å². The normalized spacial score (nSPS) is 10.5. The molecule has 2 aromatic heterocycles. The van der Waals surface area contributed by atoms with E-state index in [9.17, 15) is 0 Å². The summed E-state index contributed by atoms with van der Waals surface area (Å²) in [7, 11) is 0. The van der Waals surface area contributed by atoms with E-state index in [4.69, 9.17) is 5.11 Å². The van der Waals surface area contributed by atoms with Gasteiger partial charge in [0.15, 0.2) is 5.65 Å². The molecular weight excluding hydrogens is 188 g/mol. The number of nitrogens with one attached hydrogen (secondary N) is 1. The molecule has 0 saturated carbocycles. The maximum Gasteiger partial charge on any atom is 0.224 e.